The summed E-state index contributed by atoms with van der Waals surface area (Å²) in [5, 5.41) is 8.59. The van der Waals surface area contributed by atoms with Crippen LogP contribution in [-0.2, 0) is 12.8 Å². The number of amides is 3. The summed E-state index contributed by atoms with van der Waals surface area (Å²) in [5.74, 6) is -0.498. The third-order valence-corrected chi connectivity index (χ3v) is 5.63. The first kappa shape index (κ1) is 21.4. The molecular formula is C25H25FN4O2. The van der Waals surface area contributed by atoms with Gasteiger partial charge in [-0.25, -0.2) is 9.18 Å². The molecule has 0 bridgehead atoms. The van der Waals surface area contributed by atoms with Crippen LogP contribution in [-0.4, -0.2) is 18.5 Å². The molecule has 3 aromatic carbocycles. The van der Waals surface area contributed by atoms with E-state index in [1.807, 2.05) is 24.3 Å². The summed E-state index contributed by atoms with van der Waals surface area (Å²) in [4.78, 5) is 24.9. The van der Waals surface area contributed by atoms with Gasteiger partial charge < -0.3 is 21.7 Å². The zero-order chi connectivity index (χ0) is 22.5. The SMILES string of the molecule is Nc1ccccc1NC(=O)c1ccc2c(c1)CCC2NC(=O)NCCc1ccccc1F. The number of hydrogen-bond acceptors (Lipinski definition) is 3. The van der Waals surface area contributed by atoms with Crippen LogP contribution in [0.1, 0.15) is 39.5 Å². The molecule has 164 valence electrons. The van der Waals surface area contributed by atoms with E-state index in [1.165, 1.54) is 6.07 Å². The van der Waals surface area contributed by atoms with E-state index in [0.717, 1.165) is 24.0 Å². The maximum absolute atomic E-state index is 13.7. The number of nitrogens with one attached hydrogen (secondary N) is 3. The van der Waals surface area contributed by atoms with Gasteiger partial charge in [0.2, 0.25) is 0 Å². The van der Waals surface area contributed by atoms with Crippen LogP contribution < -0.4 is 21.7 Å². The van der Waals surface area contributed by atoms with Gasteiger partial charge in [0.1, 0.15) is 5.82 Å². The Morgan fingerprint density at radius 1 is 1.03 bits per heavy atom. The van der Waals surface area contributed by atoms with Gasteiger partial charge in [0.25, 0.3) is 5.91 Å². The zero-order valence-electron chi connectivity index (χ0n) is 17.5. The summed E-state index contributed by atoms with van der Waals surface area (Å²) in [7, 11) is 0. The number of carbonyl (C=O) groups is 2. The Hall–Kier alpha value is -3.87. The van der Waals surface area contributed by atoms with Crippen LogP contribution in [0.3, 0.4) is 0 Å². The molecule has 0 aliphatic heterocycles. The molecule has 0 heterocycles. The van der Waals surface area contributed by atoms with Gasteiger partial charge in [0.05, 0.1) is 17.4 Å². The Labute approximate surface area is 186 Å². The molecular weight excluding hydrogens is 407 g/mol. The number of para-hydroxylation sites is 2. The lowest BCUT2D eigenvalue weighted by molar-refractivity contribution is 0.102. The number of anilines is 2. The maximum atomic E-state index is 13.7. The van der Waals surface area contributed by atoms with Crippen molar-refractivity contribution in [2.45, 2.75) is 25.3 Å². The number of fused-ring (bicyclic) bond motifs is 1. The van der Waals surface area contributed by atoms with Gasteiger partial charge >= 0.3 is 6.03 Å². The molecule has 1 atom stereocenters. The molecule has 3 aromatic rings. The normalized spacial score (nSPS) is 14.5. The zero-order valence-corrected chi connectivity index (χ0v) is 17.5. The van der Waals surface area contributed by atoms with Crippen LogP contribution >= 0.6 is 0 Å². The molecule has 3 amide bonds. The standard InChI is InChI=1S/C25H25FN4O2/c26-20-6-2-1-5-16(20)13-14-28-25(32)30-22-12-10-17-15-18(9-11-19(17)22)24(31)29-23-8-4-3-7-21(23)27/h1-9,11,15,22H,10,12-14,27H2,(H,29,31)(H2,28,30,32). The summed E-state index contributed by atoms with van der Waals surface area (Å²) >= 11 is 0. The predicted octanol–water partition coefficient (Wildman–Crippen LogP) is 4.19. The van der Waals surface area contributed by atoms with E-state index in [-0.39, 0.29) is 23.8 Å². The smallest absolute Gasteiger partial charge is 0.315 e. The molecule has 0 saturated heterocycles. The Kier molecular flexibility index (Phi) is 6.35. The highest BCUT2D eigenvalue weighted by Gasteiger charge is 2.25. The molecule has 7 heteroatoms. The Morgan fingerprint density at radius 2 is 1.81 bits per heavy atom. The van der Waals surface area contributed by atoms with Crippen molar-refractivity contribution >= 4 is 23.3 Å². The Balaban J connectivity index is 1.33. The van der Waals surface area contributed by atoms with Crippen molar-refractivity contribution in [2.24, 2.45) is 0 Å². The average Bonchev–Trinajstić information content (AvgIpc) is 3.18. The van der Waals surface area contributed by atoms with Crippen LogP contribution in [0.2, 0.25) is 0 Å². The van der Waals surface area contributed by atoms with E-state index in [0.29, 0.717) is 35.5 Å². The second kappa shape index (κ2) is 9.51. The van der Waals surface area contributed by atoms with Crippen LogP contribution in [0.5, 0.6) is 0 Å². The molecule has 1 aliphatic carbocycles. The summed E-state index contributed by atoms with van der Waals surface area (Å²) in [5.41, 5.74) is 10.1. The minimum atomic E-state index is -0.291. The molecule has 0 spiro atoms. The number of nitrogens with two attached hydrogens (primary N) is 1. The quantitative estimate of drug-likeness (QED) is 0.440. The first-order valence-corrected chi connectivity index (χ1v) is 10.6. The summed E-state index contributed by atoms with van der Waals surface area (Å²) in [6.07, 6.45) is 1.95. The third kappa shape index (κ3) is 4.88. The monoisotopic (exact) mass is 432 g/mol. The van der Waals surface area contributed by atoms with E-state index < -0.39 is 0 Å². The van der Waals surface area contributed by atoms with Gasteiger partial charge in [-0.3, -0.25) is 4.79 Å². The van der Waals surface area contributed by atoms with Crippen LogP contribution in [0.15, 0.2) is 66.7 Å². The highest BCUT2D eigenvalue weighted by atomic mass is 19.1. The van der Waals surface area contributed by atoms with Crippen molar-refractivity contribution in [3.63, 3.8) is 0 Å². The lowest BCUT2D eigenvalue weighted by atomic mass is 10.0. The van der Waals surface area contributed by atoms with Crippen molar-refractivity contribution in [2.75, 3.05) is 17.6 Å². The van der Waals surface area contributed by atoms with Gasteiger partial charge in [-0.15, -0.1) is 0 Å². The number of carbonyl (C=O) groups excluding carboxylic acids is 2. The molecule has 32 heavy (non-hydrogen) atoms. The molecule has 1 aliphatic rings. The van der Waals surface area contributed by atoms with E-state index >= 15 is 0 Å². The van der Waals surface area contributed by atoms with E-state index in [1.54, 1.807) is 36.4 Å². The topological polar surface area (TPSA) is 96.2 Å². The van der Waals surface area contributed by atoms with Gasteiger partial charge in [0, 0.05) is 12.1 Å². The lowest BCUT2D eigenvalue weighted by Crippen LogP contribution is -2.38. The third-order valence-electron chi connectivity index (χ3n) is 5.63. The van der Waals surface area contributed by atoms with Gasteiger partial charge in [0.15, 0.2) is 0 Å². The highest BCUT2D eigenvalue weighted by molar-refractivity contribution is 6.05. The van der Waals surface area contributed by atoms with Gasteiger partial charge in [-0.2, -0.15) is 0 Å². The fourth-order valence-electron chi connectivity index (χ4n) is 3.94. The molecule has 0 fully saturated rings. The van der Waals surface area contributed by atoms with Crippen molar-refractivity contribution in [3.05, 3.63) is 94.8 Å². The van der Waals surface area contributed by atoms with Crippen molar-refractivity contribution in [1.82, 2.24) is 10.6 Å². The molecule has 4 rings (SSSR count). The maximum Gasteiger partial charge on any atom is 0.315 e. The summed E-state index contributed by atoms with van der Waals surface area (Å²) in [6.45, 7) is 0.341. The summed E-state index contributed by atoms with van der Waals surface area (Å²) in [6, 6.07) is 18.7. The van der Waals surface area contributed by atoms with Gasteiger partial charge in [-0.05, 0) is 66.3 Å². The summed E-state index contributed by atoms with van der Waals surface area (Å²) < 4.78 is 13.7. The van der Waals surface area contributed by atoms with Crippen molar-refractivity contribution in [3.8, 4) is 0 Å². The number of halogens is 1. The van der Waals surface area contributed by atoms with Crippen LogP contribution in [0.4, 0.5) is 20.6 Å². The number of rotatable bonds is 6. The van der Waals surface area contributed by atoms with Crippen LogP contribution in [0.25, 0.3) is 0 Å². The number of hydrogen-bond donors (Lipinski definition) is 4. The second-order valence-electron chi connectivity index (χ2n) is 7.79. The van der Waals surface area contributed by atoms with E-state index in [2.05, 4.69) is 16.0 Å². The average molecular weight is 432 g/mol. The minimum Gasteiger partial charge on any atom is -0.397 e. The predicted molar refractivity (Wildman–Crippen MR) is 123 cm³/mol. The number of urea groups is 1. The van der Waals surface area contributed by atoms with Crippen molar-refractivity contribution in [1.29, 1.82) is 0 Å². The second-order valence-corrected chi connectivity index (χ2v) is 7.79. The van der Waals surface area contributed by atoms with Crippen LogP contribution in [0, 0.1) is 5.82 Å². The van der Waals surface area contributed by atoms with E-state index in [9.17, 15) is 14.0 Å². The Bertz CT molecular complexity index is 1150. The molecule has 0 saturated carbocycles. The molecule has 0 radical (unpaired) electrons. The largest absolute Gasteiger partial charge is 0.397 e. The number of aryl methyl sites for hydroxylation is 1. The minimum absolute atomic E-state index is 0.125. The lowest BCUT2D eigenvalue weighted by Gasteiger charge is -2.15. The molecule has 0 aromatic heterocycles. The fourth-order valence-corrected chi connectivity index (χ4v) is 3.94. The van der Waals surface area contributed by atoms with Gasteiger partial charge in [-0.1, -0.05) is 36.4 Å². The molecule has 5 N–H and O–H groups in total. The highest BCUT2D eigenvalue weighted by Crippen LogP contribution is 2.32. The van der Waals surface area contributed by atoms with Crippen molar-refractivity contribution < 1.29 is 14.0 Å². The van der Waals surface area contributed by atoms with E-state index in [4.69, 9.17) is 5.73 Å². The first-order chi connectivity index (χ1) is 15.5. The molecule has 6 nitrogen and oxygen atoms in total. The molecule has 1 unspecified atom stereocenters. The number of nitrogen functional groups attached to an aromatic ring is 1. The fraction of sp³-hybridized carbons (Fsp3) is 0.200. The first-order valence-electron chi connectivity index (χ1n) is 10.6. The Morgan fingerprint density at radius 3 is 2.62 bits per heavy atom. The number of benzene rings is 3.